The second kappa shape index (κ2) is 6.45. The summed E-state index contributed by atoms with van der Waals surface area (Å²) in [5, 5.41) is 8.81. The summed E-state index contributed by atoms with van der Waals surface area (Å²) >= 11 is 1.73. The molecule has 4 nitrogen and oxygen atoms in total. The molecule has 2 aromatic heterocycles. The van der Waals surface area contributed by atoms with Gasteiger partial charge in [-0.05, 0) is 49.6 Å². The van der Waals surface area contributed by atoms with E-state index in [9.17, 15) is 4.39 Å². The van der Waals surface area contributed by atoms with Gasteiger partial charge in [0.1, 0.15) is 10.8 Å². The maximum Gasteiger partial charge on any atom is 0.123 e. The number of aromatic nitrogens is 3. The van der Waals surface area contributed by atoms with E-state index in [4.69, 9.17) is 4.98 Å². The number of hydrogen-bond acceptors (Lipinski definition) is 4. The molecule has 0 bridgehead atoms. The van der Waals surface area contributed by atoms with Gasteiger partial charge in [0.15, 0.2) is 0 Å². The normalized spacial score (nSPS) is 17.0. The molecule has 1 N–H and O–H groups in total. The van der Waals surface area contributed by atoms with Gasteiger partial charge >= 0.3 is 0 Å². The molecule has 3 aromatic rings. The van der Waals surface area contributed by atoms with Crippen molar-refractivity contribution >= 4 is 11.3 Å². The van der Waals surface area contributed by atoms with Crippen molar-refractivity contribution in [3.8, 4) is 10.6 Å². The largest absolute Gasteiger partial charge is 0.303 e. The van der Waals surface area contributed by atoms with Gasteiger partial charge < -0.3 is 5.32 Å². The Hall–Kier alpha value is -2.05. The Balaban J connectivity index is 1.56. The lowest BCUT2D eigenvalue weighted by Crippen LogP contribution is -2.25. The third-order valence-corrected chi connectivity index (χ3v) is 5.68. The summed E-state index contributed by atoms with van der Waals surface area (Å²) in [5.41, 5.74) is 3.31. The number of fused-ring (bicyclic) bond motifs is 1. The minimum Gasteiger partial charge on any atom is -0.303 e. The molecule has 6 heteroatoms. The molecule has 4 rings (SSSR count). The van der Waals surface area contributed by atoms with Gasteiger partial charge in [-0.3, -0.25) is 4.68 Å². The van der Waals surface area contributed by atoms with E-state index in [1.165, 1.54) is 23.4 Å². The van der Waals surface area contributed by atoms with Crippen LogP contribution in [0.4, 0.5) is 4.39 Å². The SMILES string of the molecule is Cn1nccc1CN[C@H]1CCCc2sc(-c3ccc(F)cc3)nc21. The maximum absolute atomic E-state index is 13.1. The summed E-state index contributed by atoms with van der Waals surface area (Å²) < 4.78 is 15.0. The molecule has 0 fully saturated rings. The van der Waals surface area contributed by atoms with E-state index in [1.807, 2.05) is 24.0 Å². The van der Waals surface area contributed by atoms with Crippen LogP contribution in [0, 0.1) is 5.82 Å². The molecule has 1 aliphatic rings. The first-order valence-electron chi connectivity index (χ1n) is 8.16. The highest BCUT2D eigenvalue weighted by molar-refractivity contribution is 7.15. The van der Waals surface area contributed by atoms with E-state index >= 15 is 0 Å². The summed E-state index contributed by atoms with van der Waals surface area (Å²) in [6.45, 7) is 0.782. The van der Waals surface area contributed by atoms with Gasteiger partial charge in [-0.2, -0.15) is 5.10 Å². The second-order valence-electron chi connectivity index (χ2n) is 6.11. The number of thiazole rings is 1. The highest BCUT2D eigenvalue weighted by Crippen LogP contribution is 2.37. The van der Waals surface area contributed by atoms with Gasteiger partial charge in [-0.1, -0.05) is 0 Å². The first-order chi connectivity index (χ1) is 11.7. The lowest BCUT2D eigenvalue weighted by atomic mass is 9.97. The van der Waals surface area contributed by atoms with Gasteiger partial charge in [-0.15, -0.1) is 11.3 Å². The molecule has 0 amide bonds. The number of nitrogens with zero attached hydrogens (tertiary/aromatic N) is 3. The van der Waals surface area contributed by atoms with Crippen LogP contribution in [0.5, 0.6) is 0 Å². The average Bonchev–Trinajstić information content (AvgIpc) is 3.20. The molecule has 0 radical (unpaired) electrons. The Morgan fingerprint density at radius 1 is 1.29 bits per heavy atom. The molecule has 1 aromatic carbocycles. The molecule has 2 heterocycles. The van der Waals surface area contributed by atoms with Gasteiger partial charge in [0.25, 0.3) is 0 Å². The number of halogens is 1. The Kier molecular flexibility index (Phi) is 4.16. The van der Waals surface area contributed by atoms with E-state index in [0.29, 0.717) is 0 Å². The van der Waals surface area contributed by atoms with Crippen LogP contribution >= 0.6 is 11.3 Å². The molecule has 0 saturated carbocycles. The van der Waals surface area contributed by atoms with E-state index in [2.05, 4.69) is 10.4 Å². The fourth-order valence-corrected chi connectivity index (χ4v) is 4.31. The van der Waals surface area contributed by atoms with Crippen LogP contribution < -0.4 is 5.32 Å². The van der Waals surface area contributed by atoms with Gasteiger partial charge in [0.2, 0.25) is 0 Å². The molecule has 0 saturated heterocycles. The third kappa shape index (κ3) is 2.99. The lowest BCUT2D eigenvalue weighted by Gasteiger charge is -2.22. The summed E-state index contributed by atoms with van der Waals surface area (Å²) in [7, 11) is 1.96. The molecule has 24 heavy (non-hydrogen) atoms. The minimum atomic E-state index is -0.212. The molecular formula is C18H19FN4S. The van der Waals surface area contributed by atoms with Crippen molar-refractivity contribution in [2.24, 2.45) is 7.05 Å². The molecule has 124 valence electrons. The number of benzene rings is 1. The quantitative estimate of drug-likeness (QED) is 0.783. The predicted octanol–water partition coefficient (Wildman–Crippen LogP) is 3.85. The Labute approximate surface area is 144 Å². The highest BCUT2D eigenvalue weighted by Gasteiger charge is 2.25. The molecule has 1 aliphatic carbocycles. The van der Waals surface area contributed by atoms with Gasteiger partial charge in [0, 0.05) is 30.2 Å². The highest BCUT2D eigenvalue weighted by atomic mass is 32.1. The summed E-state index contributed by atoms with van der Waals surface area (Å²) in [4.78, 5) is 6.22. The lowest BCUT2D eigenvalue weighted by molar-refractivity contribution is 0.445. The number of rotatable bonds is 4. The fourth-order valence-electron chi connectivity index (χ4n) is 3.14. The van der Waals surface area contributed by atoms with E-state index in [1.54, 1.807) is 23.5 Å². The van der Waals surface area contributed by atoms with Gasteiger partial charge in [-0.25, -0.2) is 9.37 Å². The van der Waals surface area contributed by atoms with Crippen LogP contribution in [0.3, 0.4) is 0 Å². The van der Waals surface area contributed by atoms with Crippen molar-refractivity contribution in [3.63, 3.8) is 0 Å². The summed E-state index contributed by atoms with van der Waals surface area (Å²) in [6.07, 6.45) is 5.16. The zero-order valence-corrected chi connectivity index (χ0v) is 14.3. The Bertz CT molecular complexity index is 837. The topological polar surface area (TPSA) is 42.7 Å². The Morgan fingerprint density at radius 2 is 2.12 bits per heavy atom. The van der Waals surface area contributed by atoms with E-state index < -0.39 is 0 Å². The van der Waals surface area contributed by atoms with Gasteiger partial charge in [0.05, 0.1) is 17.4 Å². The molecule has 0 aliphatic heterocycles. The zero-order chi connectivity index (χ0) is 16.5. The maximum atomic E-state index is 13.1. The summed E-state index contributed by atoms with van der Waals surface area (Å²) in [5.74, 6) is -0.212. The minimum absolute atomic E-state index is 0.212. The second-order valence-corrected chi connectivity index (χ2v) is 7.19. The van der Waals surface area contributed by atoms with Crippen molar-refractivity contribution in [2.75, 3.05) is 0 Å². The van der Waals surface area contributed by atoms with Crippen LogP contribution in [0.15, 0.2) is 36.5 Å². The first-order valence-corrected chi connectivity index (χ1v) is 8.98. The van der Waals surface area contributed by atoms with Crippen molar-refractivity contribution < 1.29 is 4.39 Å². The van der Waals surface area contributed by atoms with Crippen molar-refractivity contribution in [3.05, 3.63) is 58.6 Å². The number of aryl methyl sites for hydroxylation is 2. The van der Waals surface area contributed by atoms with Crippen molar-refractivity contribution in [2.45, 2.75) is 31.8 Å². The van der Waals surface area contributed by atoms with E-state index in [-0.39, 0.29) is 11.9 Å². The zero-order valence-electron chi connectivity index (χ0n) is 13.5. The monoisotopic (exact) mass is 342 g/mol. The van der Waals surface area contributed by atoms with Crippen LogP contribution in [0.1, 0.15) is 35.1 Å². The molecular weight excluding hydrogens is 323 g/mol. The third-order valence-electron chi connectivity index (χ3n) is 4.50. The molecule has 0 spiro atoms. The van der Waals surface area contributed by atoms with Crippen LogP contribution in [-0.2, 0) is 20.0 Å². The number of nitrogens with one attached hydrogen (secondary N) is 1. The smallest absolute Gasteiger partial charge is 0.123 e. The predicted molar refractivity (Wildman–Crippen MR) is 93.2 cm³/mol. The van der Waals surface area contributed by atoms with Crippen molar-refractivity contribution in [1.82, 2.24) is 20.1 Å². The average molecular weight is 342 g/mol. The standard InChI is InChI=1S/C18H19FN4S/c1-23-14(9-10-21-23)11-20-15-3-2-4-16-17(15)22-18(24-16)12-5-7-13(19)8-6-12/h5-10,15,20H,2-4,11H2,1H3/t15-/m0/s1. The van der Waals surface area contributed by atoms with Crippen LogP contribution in [0.2, 0.25) is 0 Å². The molecule has 1 atom stereocenters. The van der Waals surface area contributed by atoms with E-state index in [0.717, 1.165) is 41.3 Å². The van der Waals surface area contributed by atoms with Crippen molar-refractivity contribution in [1.29, 1.82) is 0 Å². The Morgan fingerprint density at radius 3 is 2.88 bits per heavy atom. The van der Waals surface area contributed by atoms with Crippen LogP contribution in [-0.4, -0.2) is 14.8 Å². The van der Waals surface area contributed by atoms with Crippen LogP contribution in [0.25, 0.3) is 10.6 Å². The molecule has 0 unspecified atom stereocenters. The fraction of sp³-hybridized carbons (Fsp3) is 0.333. The summed E-state index contributed by atoms with van der Waals surface area (Å²) in [6, 6.07) is 8.90. The number of hydrogen-bond donors (Lipinski definition) is 1. The first kappa shape index (κ1) is 15.5.